The van der Waals surface area contributed by atoms with Gasteiger partial charge in [-0.15, -0.1) is 0 Å². The van der Waals surface area contributed by atoms with Crippen LogP contribution in [0.1, 0.15) is 31.9 Å². The lowest BCUT2D eigenvalue weighted by Crippen LogP contribution is -2.28. The van der Waals surface area contributed by atoms with E-state index >= 15 is 0 Å². The maximum absolute atomic E-state index is 9.38. The van der Waals surface area contributed by atoms with Gasteiger partial charge in [0.15, 0.2) is 0 Å². The molecular formula is C11H18N2O. The molecule has 0 fully saturated rings. The molecule has 0 spiro atoms. The highest BCUT2D eigenvalue weighted by Crippen LogP contribution is 2.09. The van der Waals surface area contributed by atoms with Gasteiger partial charge in [-0.3, -0.25) is 4.98 Å². The summed E-state index contributed by atoms with van der Waals surface area (Å²) < 4.78 is 0. The second kappa shape index (κ2) is 5.73. The first-order valence-electron chi connectivity index (χ1n) is 5.05. The largest absolute Gasteiger partial charge is 0.392 e. The molecule has 1 aromatic rings. The Kier molecular flexibility index (Phi) is 4.56. The number of aliphatic hydroxyl groups is 1. The highest BCUT2D eigenvalue weighted by molar-refractivity contribution is 5.13. The Balaban J connectivity index is 2.39. The third kappa shape index (κ3) is 3.44. The van der Waals surface area contributed by atoms with E-state index in [0.717, 1.165) is 6.42 Å². The topological polar surface area (TPSA) is 45.1 Å². The fourth-order valence-corrected chi connectivity index (χ4v) is 1.23. The average Bonchev–Trinajstić information content (AvgIpc) is 2.26. The van der Waals surface area contributed by atoms with E-state index in [-0.39, 0.29) is 12.1 Å². The van der Waals surface area contributed by atoms with Gasteiger partial charge >= 0.3 is 0 Å². The van der Waals surface area contributed by atoms with Crippen LogP contribution < -0.4 is 5.32 Å². The fraction of sp³-hybridized carbons (Fsp3) is 0.545. The molecule has 78 valence electrons. The molecule has 0 aliphatic rings. The van der Waals surface area contributed by atoms with Crippen molar-refractivity contribution >= 4 is 0 Å². The molecule has 0 aliphatic heterocycles. The second-order valence-electron chi connectivity index (χ2n) is 3.47. The zero-order valence-corrected chi connectivity index (χ0v) is 8.77. The van der Waals surface area contributed by atoms with E-state index in [4.69, 9.17) is 0 Å². The second-order valence-corrected chi connectivity index (χ2v) is 3.47. The molecule has 1 rings (SSSR count). The van der Waals surface area contributed by atoms with Gasteiger partial charge in [-0.25, -0.2) is 0 Å². The van der Waals surface area contributed by atoms with E-state index in [0.29, 0.717) is 6.54 Å². The molecule has 3 heteroatoms. The molecule has 0 saturated heterocycles. The minimum atomic E-state index is -0.251. The van der Waals surface area contributed by atoms with Crippen LogP contribution >= 0.6 is 0 Å². The lowest BCUT2D eigenvalue weighted by molar-refractivity contribution is 0.164. The third-order valence-corrected chi connectivity index (χ3v) is 2.34. The van der Waals surface area contributed by atoms with Crippen LogP contribution in [0.5, 0.6) is 0 Å². The molecular weight excluding hydrogens is 176 g/mol. The van der Waals surface area contributed by atoms with Crippen LogP contribution in [-0.2, 0) is 0 Å². The summed E-state index contributed by atoms with van der Waals surface area (Å²) >= 11 is 0. The van der Waals surface area contributed by atoms with Gasteiger partial charge in [0.2, 0.25) is 0 Å². The third-order valence-electron chi connectivity index (χ3n) is 2.34. The molecule has 2 N–H and O–H groups in total. The minimum Gasteiger partial charge on any atom is -0.392 e. The predicted molar refractivity (Wildman–Crippen MR) is 57.0 cm³/mol. The van der Waals surface area contributed by atoms with Crippen molar-refractivity contribution in [1.82, 2.24) is 10.3 Å². The first kappa shape index (κ1) is 11.1. The van der Waals surface area contributed by atoms with Crippen molar-refractivity contribution in [1.29, 1.82) is 0 Å². The standard InChI is InChI=1S/C11H18N2O/c1-3-11(14)8-13-9(2)10-4-6-12-7-5-10/h4-7,9,11,13-14H,3,8H2,1-2H3/t9?,11-/m1/s1. The summed E-state index contributed by atoms with van der Waals surface area (Å²) in [6.45, 7) is 4.70. The number of pyridine rings is 1. The number of hydrogen-bond donors (Lipinski definition) is 2. The normalized spacial score (nSPS) is 15.1. The van der Waals surface area contributed by atoms with Gasteiger partial charge in [-0.05, 0) is 31.0 Å². The first-order chi connectivity index (χ1) is 6.74. The van der Waals surface area contributed by atoms with Gasteiger partial charge in [-0.1, -0.05) is 6.92 Å². The van der Waals surface area contributed by atoms with Crippen molar-refractivity contribution in [3.8, 4) is 0 Å². The van der Waals surface area contributed by atoms with Crippen LogP contribution in [0.25, 0.3) is 0 Å². The molecule has 0 radical (unpaired) electrons. The Labute approximate surface area is 85.2 Å². The first-order valence-corrected chi connectivity index (χ1v) is 5.05. The Hall–Kier alpha value is -0.930. The Bertz CT molecular complexity index is 251. The van der Waals surface area contributed by atoms with E-state index in [2.05, 4.69) is 17.2 Å². The van der Waals surface area contributed by atoms with Crippen molar-refractivity contribution in [2.24, 2.45) is 0 Å². The molecule has 2 atom stereocenters. The van der Waals surface area contributed by atoms with E-state index in [1.54, 1.807) is 12.4 Å². The van der Waals surface area contributed by atoms with Crippen molar-refractivity contribution < 1.29 is 5.11 Å². The zero-order chi connectivity index (χ0) is 10.4. The Morgan fingerprint density at radius 3 is 2.64 bits per heavy atom. The van der Waals surface area contributed by atoms with Crippen molar-refractivity contribution in [3.05, 3.63) is 30.1 Å². The van der Waals surface area contributed by atoms with Crippen LogP contribution in [0.15, 0.2) is 24.5 Å². The smallest absolute Gasteiger partial charge is 0.0662 e. The monoisotopic (exact) mass is 194 g/mol. The van der Waals surface area contributed by atoms with Crippen LogP contribution in [0.2, 0.25) is 0 Å². The number of nitrogens with zero attached hydrogens (tertiary/aromatic N) is 1. The molecule has 0 saturated carbocycles. The van der Waals surface area contributed by atoms with Gasteiger partial charge in [0.25, 0.3) is 0 Å². The molecule has 3 nitrogen and oxygen atoms in total. The summed E-state index contributed by atoms with van der Waals surface area (Å²) in [4.78, 5) is 3.96. The maximum Gasteiger partial charge on any atom is 0.0662 e. The van der Waals surface area contributed by atoms with Gasteiger partial charge in [0.05, 0.1) is 6.10 Å². The summed E-state index contributed by atoms with van der Waals surface area (Å²) in [5, 5.41) is 12.7. The van der Waals surface area contributed by atoms with E-state index in [1.807, 2.05) is 19.1 Å². The molecule has 1 aromatic heterocycles. The van der Waals surface area contributed by atoms with Crippen molar-refractivity contribution in [2.75, 3.05) is 6.54 Å². The zero-order valence-electron chi connectivity index (χ0n) is 8.77. The molecule has 1 unspecified atom stereocenters. The SMILES string of the molecule is CC[C@@H](O)CNC(C)c1ccncc1. The van der Waals surface area contributed by atoms with Gasteiger partial charge in [-0.2, -0.15) is 0 Å². The lowest BCUT2D eigenvalue weighted by atomic mass is 10.1. The summed E-state index contributed by atoms with van der Waals surface area (Å²) in [5.41, 5.74) is 1.20. The number of hydrogen-bond acceptors (Lipinski definition) is 3. The predicted octanol–water partition coefficient (Wildman–Crippen LogP) is 1.50. The highest BCUT2D eigenvalue weighted by atomic mass is 16.3. The molecule has 0 bridgehead atoms. The fourth-order valence-electron chi connectivity index (χ4n) is 1.23. The molecule has 1 heterocycles. The van der Waals surface area contributed by atoms with Gasteiger partial charge in [0, 0.05) is 25.0 Å². The van der Waals surface area contributed by atoms with Crippen LogP contribution in [0.3, 0.4) is 0 Å². The minimum absolute atomic E-state index is 0.251. The van der Waals surface area contributed by atoms with Crippen LogP contribution in [0.4, 0.5) is 0 Å². The Morgan fingerprint density at radius 2 is 2.07 bits per heavy atom. The summed E-state index contributed by atoms with van der Waals surface area (Å²) in [6.07, 6.45) is 4.10. The average molecular weight is 194 g/mol. The summed E-state index contributed by atoms with van der Waals surface area (Å²) in [6, 6.07) is 4.23. The molecule has 0 aromatic carbocycles. The maximum atomic E-state index is 9.38. The number of rotatable bonds is 5. The highest BCUT2D eigenvalue weighted by Gasteiger charge is 2.06. The van der Waals surface area contributed by atoms with E-state index < -0.39 is 0 Å². The van der Waals surface area contributed by atoms with Crippen molar-refractivity contribution in [3.63, 3.8) is 0 Å². The molecule has 14 heavy (non-hydrogen) atoms. The molecule has 0 amide bonds. The summed E-state index contributed by atoms with van der Waals surface area (Å²) in [5.74, 6) is 0. The van der Waals surface area contributed by atoms with Crippen LogP contribution in [0, 0.1) is 0 Å². The lowest BCUT2D eigenvalue weighted by Gasteiger charge is -2.16. The number of aromatic nitrogens is 1. The van der Waals surface area contributed by atoms with Crippen molar-refractivity contribution in [2.45, 2.75) is 32.4 Å². The summed E-state index contributed by atoms with van der Waals surface area (Å²) in [7, 11) is 0. The number of aliphatic hydroxyl groups excluding tert-OH is 1. The molecule has 0 aliphatic carbocycles. The van der Waals surface area contributed by atoms with E-state index in [9.17, 15) is 5.11 Å². The Morgan fingerprint density at radius 1 is 1.43 bits per heavy atom. The quantitative estimate of drug-likeness (QED) is 0.746. The van der Waals surface area contributed by atoms with Gasteiger partial charge in [0.1, 0.15) is 0 Å². The van der Waals surface area contributed by atoms with Gasteiger partial charge < -0.3 is 10.4 Å². The van der Waals surface area contributed by atoms with E-state index in [1.165, 1.54) is 5.56 Å². The number of nitrogens with one attached hydrogen (secondary N) is 1. The van der Waals surface area contributed by atoms with Crippen LogP contribution in [-0.4, -0.2) is 22.7 Å².